The second kappa shape index (κ2) is 7.97. The summed E-state index contributed by atoms with van der Waals surface area (Å²) in [6.45, 7) is 0.631. The second-order valence-electron chi connectivity index (χ2n) is 4.55. The van der Waals surface area contributed by atoms with Crippen molar-refractivity contribution in [2.75, 3.05) is 18.4 Å². The van der Waals surface area contributed by atoms with Crippen LogP contribution in [0.3, 0.4) is 0 Å². The molecule has 0 aliphatic rings. The Hall–Kier alpha value is -1.63. The van der Waals surface area contributed by atoms with Crippen molar-refractivity contribution < 1.29 is 9.18 Å². The van der Waals surface area contributed by atoms with Gasteiger partial charge in [0.2, 0.25) is 5.91 Å². The molecule has 3 nitrogen and oxygen atoms in total. The fourth-order valence-corrected chi connectivity index (χ4v) is 2.21. The molecule has 0 bridgehead atoms. The van der Waals surface area contributed by atoms with Crippen LogP contribution in [0.2, 0.25) is 0 Å². The van der Waals surface area contributed by atoms with Crippen molar-refractivity contribution in [2.45, 2.75) is 6.42 Å². The molecule has 5 heteroatoms. The van der Waals surface area contributed by atoms with Gasteiger partial charge in [-0.2, -0.15) is 0 Å². The third kappa shape index (κ3) is 5.34. The standard InChI is InChI=1S/C16H16FIN2O/c17-15-4-2-1-3-12(15)9-10-19-16(21)11-20-14-7-5-13(18)6-8-14/h1-8,20H,9-11H2,(H,19,21). The zero-order valence-corrected chi connectivity index (χ0v) is 13.6. The van der Waals surface area contributed by atoms with Crippen LogP contribution in [0.1, 0.15) is 5.56 Å². The third-order valence-corrected chi connectivity index (χ3v) is 3.69. The first-order valence-electron chi connectivity index (χ1n) is 6.65. The van der Waals surface area contributed by atoms with Gasteiger partial charge in [-0.25, -0.2) is 4.39 Å². The van der Waals surface area contributed by atoms with E-state index in [4.69, 9.17) is 0 Å². The van der Waals surface area contributed by atoms with E-state index in [0.29, 0.717) is 18.5 Å². The van der Waals surface area contributed by atoms with E-state index in [9.17, 15) is 9.18 Å². The molecule has 0 atom stereocenters. The molecule has 0 fully saturated rings. The fraction of sp³-hybridized carbons (Fsp3) is 0.188. The van der Waals surface area contributed by atoms with Gasteiger partial charge < -0.3 is 10.6 Å². The maximum absolute atomic E-state index is 13.4. The Morgan fingerprint density at radius 2 is 1.81 bits per heavy atom. The number of carbonyl (C=O) groups is 1. The molecule has 2 aromatic carbocycles. The van der Waals surface area contributed by atoms with Gasteiger partial charge >= 0.3 is 0 Å². The van der Waals surface area contributed by atoms with E-state index in [1.807, 2.05) is 24.3 Å². The smallest absolute Gasteiger partial charge is 0.239 e. The van der Waals surface area contributed by atoms with Gasteiger partial charge in [0.1, 0.15) is 5.82 Å². The molecule has 0 aliphatic heterocycles. The van der Waals surface area contributed by atoms with E-state index in [1.54, 1.807) is 18.2 Å². The molecule has 21 heavy (non-hydrogen) atoms. The van der Waals surface area contributed by atoms with Gasteiger partial charge in [0.05, 0.1) is 6.54 Å². The van der Waals surface area contributed by atoms with Crippen molar-refractivity contribution in [1.29, 1.82) is 0 Å². The molecule has 1 amide bonds. The summed E-state index contributed by atoms with van der Waals surface area (Å²) in [6.07, 6.45) is 0.488. The largest absolute Gasteiger partial charge is 0.376 e. The molecule has 0 aromatic heterocycles. The van der Waals surface area contributed by atoms with Gasteiger partial charge in [0, 0.05) is 15.8 Å². The molecule has 0 heterocycles. The van der Waals surface area contributed by atoms with Crippen molar-refractivity contribution in [3.05, 3.63) is 63.5 Å². The van der Waals surface area contributed by atoms with Crippen LogP contribution < -0.4 is 10.6 Å². The van der Waals surface area contributed by atoms with Gasteiger partial charge in [-0.3, -0.25) is 4.79 Å². The molecule has 0 saturated heterocycles. The van der Waals surface area contributed by atoms with Crippen molar-refractivity contribution in [2.24, 2.45) is 0 Å². The summed E-state index contributed by atoms with van der Waals surface area (Å²) in [6, 6.07) is 14.4. The van der Waals surface area contributed by atoms with Crippen LogP contribution in [0, 0.1) is 9.39 Å². The molecule has 0 unspecified atom stereocenters. The van der Waals surface area contributed by atoms with Crippen LogP contribution in [0.5, 0.6) is 0 Å². The molecular weight excluding hydrogens is 382 g/mol. The Morgan fingerprint density at radius 1 is 1.10 bits per heavy atom. The SMILES string of the molecule is O=C(CNc1ccc(I)cc1)NCCc1ccccc1F. The zero-order chi connectivity index (χ0) is 15.1. The summed E-state index contributed by atoms with van der Waals surface area (Å²) < 4.78 is 14.5. The Morgan fingerprint density at radius 3 is 2.52 bits per heavy atom. The van der Waals surface area contributed by atoms with E-state index in [2.05, 4.69) is 33.2 Å². The summed E-state index contributed by atoms with van der Waals surface area (Å²) in [4.78, 5) is 11.7. The summed E-state index contributed by atoms with van der Waals surface area (Å²) >= 11 is 2.23. The minimum atomic E-state index is -0.233. The number of hydrogen-bond donors (Lipinski definition) is 2. The molecule has 0 radical (unpaired) electrons. The van der Waals surface area contributed by atoms with Gasteiger partial charge in [0.15, 0.2) is 0 Å². The molecule has 2 rings (SSSR count). The Bertz CT molecular complexity index is 601. The predicted molar refractivity (Wildman–Crippen MR) is 90.8 cm³/mol. The number of benzene rings is 2. The lowest BCUT2D eigenvalue weighted by Gasteiger charge is -2.08. The quantitative estimate of drug-likeness (QED) is 0.734. The van der Waals surface area contributed by atoms with Crippen LogP contribution in [0.25, 0.3) is 0 Å². The third-order valence-electron chi connectivity index (χ3n) is 2.97. The van der Waals surface area contributed by atoms with Crippen molar-refractivity contribution in [1.82, 2.24) is 5.32 Å². The average Bonchev–Trinajstić information content (AvgIpc) is 2.49. The van der Waals surface area contributed by atoms with Gasteiger partial charge in [0.25, 0.3) is 0 Å². The molecule has 2 N–H and O–H groups in total. The Balaban J connectivity index is 1.70. The summed E-state index contributed by atoms with van der Waals surface area (Å²) in [5, 5.41) is 5.81. The summed E-state index contributed by atoms with van der Waals surface area (Å²) in [7, 11) is 0. The lowest BCUT2D eigenvalue weighted by Crippen LogP contribution is -2.31. The minimum absolute atomic E-state index is 0.107. The van der Waals surface area contributed by atoms with Crippen molar-refractivity contribution in [3.8, 4) is 0 Å². The molecule has 110 valence electrons. The average molecular weight is 398 g/mol. The number of anilines is 1. The Kier molecular flexibility index (Phi) is 5.98. The van der Waals surface area contributed by atoms with E-state index in [1.165, 1.54) is 6.07 Å². The van der Waals surface area contributed by atoms with E-state index < -0.39 is 0 Å². The highest BCUT2D eigenvalue weighted by molar-refractivity contribution is 14.1. The van der Waals surface area contributed by atoms with Gasteiger partial charge in [-0.1, -0.05) is 18.2 Å². The van der Waals surface area contributed by atoms with E-state index >= 15 is 0 Å². The monoisotopic (exact) mass is 398 g/mol. The normalized spacial score (nSPS) is 10.2. The molecular formula is C16H16FIN2O. The van der Waals surface area contributed by atoms with Crippen LogP contribution in [0.15, 0.2) is 48.5 Å². The number of halogens is 2. The van der Waals surface area contributed by atoms with Crippen LogP contribution in [-0.4, -0.2) is 19.0 Å². The highest BCUT2D eigenvalue weighted by atomic mass is 127. The molecule has 0 aliphatic carbocycles. The summed E-state index contributed by atoms with van der Waals surface area (Å²) in [5.41, 5.74) is 1.52. The Labute approximate surface area is 137 Å². The molecule has 2 aromatic rings. The lowest BCUT2D eigenvalue weighted by molar-refractivity contribution is -0.119. The maximum Gasteiger partial charge on any atom is 0.239 e. The number of nitrogens with one attached hydrogen (secondary N) is 2. The zero-order valence-electron chi connectivity index (χ0n) is 11.4. The molecule has 0 spiro atoms. The first-order chi connectivity index (χ1) is 10.1. The summed E-state index contributed by atoms with van der Waals surface area (Å²) in [5.74, 6) is -0.339. The predicted octanol–water partition coefficient (Wildman–Crippen LogP) is 3.20. The highest BCUT2D eigenvalue weighted by Crippen LogP contribution is 2.10. The number of hydrogen-bond acceptors (Lipinski definition) is 2. The van der Waals surface area contributed by atoms with Crippen LogP contribution in [-0.2, 0) is 11.2 Å². The number of rotatable bonds is 6. The van der Waals surface area contributed by atoms with Gasteiger partial charge in [-0.15, -0.1) is 0 Å². The van der Waals surface area contributed by atoms with Crippen molar-refractivity contribution >= 4 is 34.2 Å². The number of carbonyl (C=O) groups excluding carboxylic acids is 1. The fourth-order valence-electron chi connectivity index (χ4n) is 1.85. The molecule has 0 saturated carbocycles. The van der Waals surface area contributed by atoms with Crippen LogP contribution >= 0.6 is 22.6 Å². The first-order valence-corrected chi connectivity index (χ1v) is 7.72. The maximum atomic E-state index is 13.4. The van der Waals surface area contributed by atoms with Gasteiger partial charge in [-0.05, 0) is 64.9 Å². The second-order valence-corrected chi connectivity index (χ2v) is 5.80. The highest BCUT2D eigenvalue weighted by Gasteiger charge is 2.03. The van der Waals surface area contributed by atoms with E-state index in [-0.39, 0.29) is 18.3 Å². The number of amides is 1. The lowest BCUT2D eigenvalue weighted by atomic mass is 10.1. The van der Waals surface area contributed by atoms with E-state index in [0.717, 1.165) is 9.26 Å². The topological polar surface area (TPSA) is 41.1 Å². The minimum Gasteiger partial charge on any atom is -0.376 e. The first kappa shape index (κ1) is 15.8. The van der Waals surface area contributed by atoms with Crippen molar-refractivity contribution in [3.63, 3.8) is 0 Å². The van der Waals surface area contributed by atoms with Crippen LogP contribution in [0.4, 0.5) is 10.1 Å².